The van der Waals surface area contributed by atoms with E-state index in [-0.39, 0.29) is 19.3 Å². The molecular formula is C15H20N2O5. The number of carbonyl (C=O) groups excluding carboxylic acids is 2. The number of amides is 2. The minimum atomic E-state index is -0.849. The first-order valence-electron chi connectivity index (χ1n) is 7.01. The number of hydrogen-bond donors (Lipinski definition) is 3. The van der Waals surface area contributed by atoms with Crippen molar-refractivity contribution in [3.05, 3.63) is 24.3 Å². The molecule has 120 valence electrons. The lowest BCUT2D eigenvalue weighted by atomic mass is 10.1. The van der Waals surface area contributed by atoms with Crippen LogP contribution in [0.25, 0.3) is 0 Å². The largest absolute Gasteiger partial charge is 0.486 e. The fourth-order valence-electron chi connectivity index (χ4n) is 1.85. The maximum Gasteiger partial charge on any atom is 0.309 e. The Balaban J connectivity index is 1.81. The first-order chi connectivity index (χ1) is 10.4. The van der Waals surface area contributed by atoms with E-state index in [4.69, 9.17) is 14.6 Å². The molecule has 1 aromatic carbocycles. The van der Waals surface area contributed by atoms with Gasteiger partial charge in [-0.25, -0.2) is 0 Å². The van der Waals surface area contributed by atoms with E-state index >= 15 is 0 Å². The highest BCUT2D eigenvalue weighted by molar-refractivity contribution is 6.35. The Bertz CT molecular complexity index is 559. The van der Waals surface area contributed by atoms with E-state index in [1.807, 2.05) is 12.1 Å². The summed E-state index contributed by atoms with van der Waals surface area (Å²) in [7, 11) is 0. The van der Waals surface area contributed by atoms with E-state index in [1.54, 1.807) is 26.0 Å². The van der Waals surface area contributed by atoms with Gasteiger partial charge in [-0.3, -0.25) is 9.59 Å². The zero-order chi connectivity index (χ0) is 16.2. The van der Waals surface area contributed by atoms with Crippen molar-refractivity contribution in [3.63, 3.8) is 0 Å². The van der Waals surface area contributed by atoms with E-state index < -0.39 is 17.4 Å². The van der Waals surface area contributed by atoms with Crippen molar-refractivity contribution in [2.75, 3.05) is 19.8 Å². The summed E-state index contributed by atoms with van der Waals surface area (Å²) < 4.78 is 11.2. The van der Waals surface area contributed by atoms with Crippen LogP contribution >= 0.6 is 0 Å². The van der Waals surface area contributed by atoms with Crippen molar-refractivity contribution in [2.24, 2.45) is 0 Å². The van der Waals surface area contributed by atoms with E-state index in [0.717, 1.165) is 0 Å². The summed E-state index contributed by atoms with van der Waals surface area (Å²) >= 11 is 0. The van der Waals surface area contributed by atoms with Gasteiger partial charge in [-0.2, -0.15) is 0 Å². The number of benzene rings is 1. The van der Waals surface area contributed by atoms with Gasteiger partial charge in [0, 0.05) is 0 Å². The van der Waals surface area contributed by atoms with Gasteiger partial charge in [-0.1, -0.05) is 12.1 Å². The quantitative estimate of drug-likeness (QED) is 0.671. The van der Waals surface area contributed by atoms with Gasteiger partial charge >= 0.3 is 11.8 Å². The molecule has 0 aliphatic carbocycles. The summed E-state index contributed by atoms with van der Waals surface area (Å²) in [5, 5.41) is 14.0. The van der Waals surface area contributed by atoms with Crippen LogP contribution in [0.5, 0.6) is 11.5 Å². The van der Waals surface area contributed by atoms with Crippen molar-refractivity contribution in [3.8, 4) is 11.5 Å². The summed E-state index contributed by atoms with van der Waals surface area (Å²) in [4.78, 5) is 23.4. The number of hydrogen-bond acceptors (Lipinski definition) is 5. The van der Waals surface area contributed by atoms with E-state index in [0.29, 0.717) is 18.1 Å². The lowest BCUT2D eigenvalue weighted by Gasteiger charge is -2.27. The smallest absolute Gasteiger partial charge is 0.309 e. The van der Waals surface area contributed by atoms with Crippen LogP contribution in [-0.2, 0) is 9.59 Å². The van der Waals surface area contributed by atoms with Crippen LogP contribution in [0, 0.1) is 0 Å². The average molecular weight is 308 g/mol. The van der Waals surface area contributed by atoms with Gasteiger partial charge in [0.2, 0.25) is 0 Å². The maximum absolute atomic E-state index is 11.7. The third-order valence-corrected chi connectivity index (χ3v) is 3.11. The summed E-state index contributed by atoms with van der Waals surface area (Å²) in [5.41, 5.74) is -0.849. The molecule has 1 aliphatic heterocycles. The maximum atomic E-state index is 11.7. The Hall–Kier alpha value is -2.28. The van der Waals surface area contributed by atoms with Crippen molar-refractivity contribution in [1.29, 1.82) is 0 Å². The zero-order valence-corrected chi connectivity index (χ0v) is 12.6. The molecule has 22 heavy (non-hydrogen) atoms. The molecule has 2 rings (SSSR count). The number of nitrogens with one attached hydrogen (secondary N) is 2. The van der Waals surface area contributed by atoms with E-state index in [2.05, 4.69) is 10.6 Å². The monoisotopic (exact) mass is 308 g/mol. The second kappa shape index (κ2) is 6.65. The molecule has 0 bridgehead atoms. The van der Waals surface area contributed by atoms with Crippen LogP contribution in [0.15, 0.2) is 24.3 Å². The Kier molecular flexibility index (Phi) is 4.87. The summed E-state index contributed by atoms with van der Waals surface area (Å²) in [6.07, 6.45) is -0.363. The molecule has 7 heteroatoms. The number of para-hydroxylation sites is 2. The second-order valence-corrected chi connectivity index (χ2v) is 5.70. The van der Waals surface area contributed by atoms with Crippen LogP contribution in [0.4, 0.5) is 0 Å². The zero-order valence-electron chi connectivity index (χ0n) is 12.6. The van der Waals surface area contributed by atoms with Gasteiger partial charge in [0.25, 0.3) is 0 Å². The number of fused-ring (bicyclic) bond motifs is 1. The van der Waals surface area contributed by atoms with Gasteiger partial charge in [-0.05, 0) is 26.0 Å². The van der Waals surface area contributed by atoms with E-state index in [1.165, 1.54) is 0 Å². The summed E-state index contributed by atoms with van der Waals surface area (Å²) in [6.45, 7) is 3.42. The number of ether oxygens (including phenoxy) is 2. The summed E-state index contributed by atoms with van der Waals surface area (Å²) in [6, 6.07) is 7.25. The predicted octanol–water partition coefficient (Wildman–Crippen LogP) is -0.170. The van der Waals surface area contributed by atoms with Crippen LogP contribution < -0.4 is 20.1 Å². The van der Waals surface area contributed by atoms with Crippen LogP contribution in [0.1, 0.15) is 13.8 Å². The lowest BCUT2D eigenvalue weighted by Crippen LogP contribution is -2.53. The molecule has 2 amide bonds. The van der Waals surface area contributed by atoms with Gasteiger partial charge in [0.15, 0.2) is 11.5 Å². The first kappa shape index (κ1) is 16.1. The van der Waals surface area contributed by atoms with Crippen molar-refractivity contribution < 1.29 is 24.2 Å². The molecule has 3 N–H and O–H groups in total. The van der Waals surface area contributed by atoms with Crippen molar-refractivity contribution >= 4 is 11.8 Å². The molecule has 0 fully saturated rings. The van der Waals surface area contributed by atoms with Gasteiger partial charge in [0.05, 0.1) is 18.7 Å². The molecule has 0 spiro atoms. The first-order valence-corrected chi connectivity index (χ1v) is 7.01. The minimum Gasteiger partial charge on any atom is -0.486 e. The Morgan fingerprint density at radius 2 is 1.95 bits per heavy atom. The Morgan fingerprint density at radius 3 is 2.64 bits per heavy atom. The molecule has 1 unspecified atom stereocenters. The molecule has 1 aliphatic rings. The standard InChI is InChI=1S/C15H20N2O5/c1-15(2,9-18)17-14(20)13(19)16-7-10-8-21-11-5-3-4-6-12(11)22-10/h3-6,10,18H,7-9H2,1-2H3,(H,16,19)(H,17,20). The number of aliphatic hydroxyl groups excluding tert-OH is 1. The number of carbonyl (C=O) groups is 2. The van der Waals surface area contributed by atoms with Crippen LogP contribution in [-0.4, -0.2) is 48.3 Å². The SMILES string of the molecule is CC(C)(CO)NC(=O)C(=O)NCC1COc2ccccc2O1. The van der Waals surface area contributed by atoms with Crippen LogP contribution in [0.3, 0.4) is 0 Å². The molecular weight excluding hydrogens is 288 g/mol. The molecule has 1 atom stereocenters. The minimum absolute atomic E-state index is 0.153. The van der Waals surface area contributed by atoms with Crippen molar-refractivity contribution in [2.45, 2.75) is 25.5 Å². The fraction of sp³-hybridized carbons (Fsp3) is 0.467. The van der Waals surface area contributed by atoms with Gasteiger partial charge in [0.1, 0.15) is 12.7 Å². The summed E-state index contributed by atoms with van der Waals surface area (Å²) in [5.74, 6) is -0.299. The second-order valence-electron chi connectivity index (χ2n) is 5.70. The molecule has 0 radical (unpaired) electrons. The van der Waals surface area contributed by atoms with Crippen molar-refractivity contribution in [1.82, 2.24) is 10.6 Å². The highest BCUT2D eigenvalue weighted by Crippen LogP contribution is 2.30. The molecule has 1 heterocycles. The Labute approximate surface area is 128 Å². The lowest BCUT2D eigenvalue weighted by molar-refractivity contribution is -0.140. The topological polar surface area (TPSA) is 96.9 Å². The van der Waals surface area contributed by atoms with Gasteiger partial charge in [-0.15, -0.1) is 0 Å². The molecule has 0 saturated carbocycles. The van der Waals surface area contributed by atoms with Gasteiger partial charge < -0.3 is 25.2 Å². The Morgan fingerprint density at radius 1 is 1.27 bits per heavy atom. The highest BCUT2D eigenvalue weighted by atomic mass is 16.6. The highest BCUT2D eigenvalue weighted by Gasteiger charge is 2.25. The van der Waals surface area contributed by atoms with Crippen LogP contribution in [0.2, 0.25) is 0 Å². The molecule has 0 saturated heterocycles. The molecule has 1 aromatic rings. The average Bonchev–Trinajstić information content (AvgIpc) is 2.52. The molecule has 0 aromatic heterocycles. The van der Waals surface area contributed by atoms with E-state index in [9.17, 15) is 9.59 Å². The normalized spacial score (nSPS) is 16.8. The molecule has 7 nitrogen and oxygen atoms in total. The fourth-order valence-corrected chi connectivity index (χ4v) is 1.85. The third-order valence-electron chi connectivity index (χ3n) is 3.11. The third kappa shape index (κ3) is 4.11. The predicted molar refractivity (Wildman–Crippen MR) is 78.7 cm³/mol. The number of aliphatic hydroxyl groups is 1. The number of rotatable bonds is 4.